The fraction of sp³-hybridized carbons (Fsp3) is 0.0952. The Morgan fingerprint density at radius 1 is 1.14 bits per heavy atom. The molecule has 0 spiro atoms. The van der Waals surface area contributed by atoms with Crippen LogP contribution in [0, 0.1) is 0 Å². The lowest BCUT2D eigenvalue weighted by Gasteiger charge is -2.13. The van der Waals surface area contributed by atoms with E-state index in [1.165, 1.54) is 43.6 Å². The minimum Gasteiger partial charge on any atom is -0.477 e. The molecule has 0 unspecified atom stereocenters. The Balaban J connectivity index is 1.95. The van der Waals surface area contributed by atoms with Gasteiger partial charge in [0, 0.05) is 30.6 Å². The molecule has 1 aromatic carbocycles. The predicted octanol–water partition coefficient (Wildman–Crippen LogP) is 5.57. The molecule has 9 nitrogen and oxygen atoms in total. The number of carboxylic acids is 1. The van der Waals surface area contributed by atoms with Crippen LogP contribution in [-0.4, -0.2) is 36.9 Å². The highest BCUT2D eigenvalue weighted by atomic mass is 35.5. The molecule has 2 N–H and O–H groups in total. The van der Waals surface area contributed by atoms with Crippen molar-refractivity contribution < 1.29 is 32.4 Å². The lowest BCUT2D eigenvalue weighted by Crippen LogP contribution is -2.15. The number of carbonyl (C=O) groups is 2. The number of hydrogen-bond donors (Lipinski definition) is 2. The van der Waals surface area contributed by atoms with E-state index in [9.17, 15) is 27.9 Å². The van der Waals surface area contributed by atoms with E-state index in [1.807, 2.05) is 0 Å². The molecule has 0 aliphatic heterocycles. The lowest BCUT2D eigenvalue weighted by atomic mass is 10.0. The number of aromatic carboxylic acids is 1. The summed E-state index contributed by atoms with van der Waals surface area (Å²) in [5.41, 5.74) is -2.97. The number of amides is 1. The number of aromatic nitrogens is 4. The summed E-state index contributed by atoms with van der Waals surface area (Å²) in [4.78, 5) is 27.2. The van der Waals surface area contributed by atoms with Crippen molar-refractivity contribution in [1.29, 1.82) is 0 Å². The van der Waals surface area contributed by atoms with E-state index in [0.717, 1.165) is 6.20 Å². The number of rotatable bonds is 5. The number of carboxylic acid groups (broad SMARTS) is 1. The van der Waals surface area contributed by atoms with Crippen LogP contribution in [0.1, 0.15) is 23.0 Å². The Labute approximate surface area is 204 Å². The molecule has 180 valence electrons. The van der Waals surface area contributed by atoms with Gasteiger partial charge in [0.25, 0.3) is 0 Å². The SMILES string of the molecule is CC(=O)Nc1cccc(-n2ncc(-c3onc(-c4c(Cl)cncc4Cl)c3C(=O)O)c2C(F)(F)F)c1. The average Bonchev–Trinajstić information content (AvgIpc) is 3.38. The molecule has 0 atom stereocenters. The van der Waals surface area contributed by atoms with E-state index in [2.05, 4.69) is 20.6 Å². The first-order valence-corrected chi connectivity index (χ1v) is 10.3. The summed E-state index contributed by atoms with van der Waals surface area (Å²) in [5, 5.41) is 19.6. The Morgan fingerprint density at radius 2 is 1.83 bits per heavy atom. The molecule has 3 aromatic heterocycles. The highest BCUT2D eigenvalue weighted by molar-refractivity contribution is 6.39. The lowest BCUT2D eigenvalue weighted by molar-refractivity contribution is -0.142. The normalized spacial score (nSPS) is 11.5. The van der Waals surface area contributed by atoms with Crippen molar-refractivity contribution in [2.24, 2.45) is 0 Å². The van der Waals surface area contributed by atoms with Crippen LogP contribution in [0.5, 0.6) is 0 Å². The van der Waals surface area contributed by atoms with Crippen molar-refractivity contribution in [3.05, 3.63) is 64.2 Å². The molecule has 0 saturated carbocycles. The zero-order valence-electron chi connectivity index (χ0n) is 17.4. The van der Waals surface area contributed by atoms with E-state index in [-0.39, 0.29) is 32.7 Å². The molecule has 0 aliphatic rings. The van der Waals surface area contributed by atoms with Crippen molar-refractivity contribution in [2.75, 3.05) is 5.32 Å². The van der Waals surface area contributed by atoms with Gasteiger partial charge in [0.2, 0.25) is 5.91 Å². The number of halogens is 5. The van der Waals surface area contributed by atoms with Crippen LogP contribution in [0.4, 0.5) is 18.9 Å². The average molecular weight is 526 g/mol. The Bertz CT molecular complexity index is 1450. The van der Waals surface area contributed by atoms with Gasteiger partial charge in [-0.15, -0.1) is 0 Å². The van der Waals surface area contributed by atoms with E-state index >= 15 is 0 Å². The van der Waals surface area contributed by atoms with Gasteiger partial charge in [0.05, 0.1) is 27.5 Å². The monoisotopic (exact) mass is 525 g/mol. The summed E-state index contributed by atoms with van der Waals surface area (Å²) < 4.78 is 48.3. The number of nitrogens with one attached hydrogen (secondary N) is 1. The molecule has 0 bridgehead atoms. The topological polar surface area (TPSA) is 123 Å². The van der Waals surface area contributed by atoms with Crippen LogP contribution in [0.3, 0.4) is 0 Å². The van der Waals surface area contributed by atoms with Gasteiger partial charge < -0.3 is 14.9 Å². The summed E-state index contributed by atoms with van der Waals surface area (Å²) in [5.74, 6) is -2.75. The molecule has 0 aliphatic carbocycles. The maximum Gasteiger partial charge on any atom is 0.434 e. The fourth-order valence-electron chi connectivity index (χ4n) is 3.38. The Kier molecular flexibility index (Phi) is 6.26. The van der Waals surface area contributed by atoms with Gasteiger partial charge in [0.15, 0.2) is 11.5 Å². The van der Waals surface area contributed by atoms with Gasteiger partial charge in [-0.2, -0.15) is 18.3 Å². The first kappa shape index (κ1) is 24.2. The third-order valence-corrected chi connectivity index (χ3v) is 5.26. The maximum absolute atomic E-state index is 14.2. The van der Waals surface area contributed by atoms with Crippen LogP contribution in [-0.2, 0) is 11.0 Å². The summed E-state index contributed by atoms with van der Waals surface area (Å²) in [6, 6.07) is 5.51. The van der Waals surface area contributed by atoms with Gasteiger partial charge in [-0.3, -0.25) is 9.78 Å². The second-order valence-electron chi connectivity index (χ2n) is 7.07. The zero-order chi connectivity index (χ0) is 25.5. The second kappa shape index (κ2) is 9.04. The molecule has 3 heterocycles. The number of benzene rings is 1. The summed E-state index contributed by atoms with van der Waals surface area (Å²) in [7, 11) is 0. The Hall–Kier alpha value is -3.90. The minimum atomic E-state index is -5.00. The molecular formula is C21H12Cl2F3N5O4. The van der Waals surface area contributed by atoms with Gasteiger partial charge in [-0.05, 0) is 18.2 Å². The van der Waals surface area contributed by atoms with Gasteiger partial charge >= 0.3 is 12.1 Å². The van der Waals surface area contributed by atoms with E-state index in [4.69, 9.17) is 27.7 Å². The molecule has 35 heavy (non-hydrogen) atoms. The first-order chi connectivity index (χ1) is 16.5. The van der Waals surface area contributed by atoms with Crippen LogP contribution >= 0.6 is 23.2 Å². The maximum atomic E-state index is 14.2. The number of hydrogen-bond acceptors (Lipinski definition) is 6. The third-order valence-electron chi connectivity index (χ3n) is 4.69. The molecule has 1 amide bonds. The molecule has 0 fully saturated rings. The van der Waals surface area contributed by atoms with E-state index in [1.54, 1.807) is 0 Å². The molecule has 0 radical (unpaired) electrons. The third kappa shape index (κ3) is 4.57. The standard InChI is InChI=1S/C21H12Cl2F3N5O4/c1-9(32)29-10-3-2-4-11(5-10)31-19(21(24,25)26)12(6-28-31)18-16(20(33)34)17(30-35-18)15-13(22)7-27-8-14(15)23/h2-8H,1H3,(H,29,32)(H,33,34). The smallest absolute Gasteiger partial charge is 0.434 e. The van der Waals surface area contributed by atoms with Crippen molar-refractivity contribution >= 4 is 40.8 Å². The molecular weight excluding hydrogens is 514 g/mol. The summed E-state index contributed by atoms with van der Waals surface area (Å²) in [6.45, 7) is 1.25. The quantitative estimate of drug-likeness (QED) is 0.349. The van der Waals surface area contributed by atoms with Gasteiger partial charge in [0.1, 0.15) is 11.3 Å². The number of anilines is 1. The minimum absolute atomic E-state index is 0.0494. The highest BCUT2D eigenvalue weighted by Crippen LogP contribution is 2.43. The number of carbonyl (C=O) groups excluding carboxylic acids is 1. The van der Waals surface area contributed by atoms with Gasteiger partial charge in [-0.1, -0.05) is 34.4 Å². The molecule has 4 rings (SSSR count). The van der Waals surface area contributed by atoms with Crippen molar-refractivity contribution in [1.82, 2.24) is 19.9 Å². The van der Waals surface area contributed by atoms with E-state index < -0.39 is 40.6 Å². The fourth-order valence-corrected chi connectivity index (χ4v) is 3.93. The summed E-state index contributed by atoms with van der Waals surface area (Å²) >= 11 is 12.2. The Morgan fingerprint density at radius 3 is 2.43 bits per heavy atom. The molecule has 4 aromatic rings. The predicted molar refractivity (Wildman–Crippen MR) is 119 cm³/mol. The van der Waals surface area contributed by atoms with E-state index in [0.29, 0.717) is 4.68 Å². The number of pyridine rings is 1. The van der Waals surface area contributed by atoms with Crippen molar-refractivity contribution in [2.45, 2.75) is 13.1 Å². The zero-order valence-corrected chi connectivity index (χ0v) is 18.9. The van der Waals surface area contributed by atoms with Crippen LogP contribution in [0.2, 0.25) is 10.0 Å². The van der Waals surface area contributed by atoms with Crippen LogP contribution in [0.25, 0.3) is 28.3 Å². The van der Waals surface area contributed by atoms with Crippen molar-refractivity contribution in [3.63, 3.8) is 0 Å². The molecule has 0 saturated heterocycles. The van der Waals surface area contributed by atoms with Crippen LogP contribution in [0.15, 0.2) is 47.4 Å². The highest BCUT2D eigenvalue weighted by Gasteiger charge is 2.42. The number of nitrogens with zero attached hydrogens (tertiary/aromatic N) is 4. The molecule has 14 heteroatoms. The number of alkyl halides is 3. The first-order valence-electron chi connectivity index (χ1n) is 9.55. The largest absolute Gasteiger partial charge is 0.477 e. The van der Waals surface area contributed by atoms with Crippen molar-refractivity contribution in [3.8, 4) is 28.3 Å². The van der Waals surface area contributed by atoms with Gasteiger partial charge in [-0.25, -0.2) is 9.48 Å². The summed E-state index contributed by atoms with van der Waals surface area (Å²) in [6.07, 6.45) is -1.85. The van der Waals surface area contributed by atoms with Crippen LogP contribution < -0.4 is 5.32 Å². The second-order valence-corrected chi connectivity index (χ2v) is 7.88.